The third kappa shape index (κ3) is 3.80. The van der Waals surface area contributed by atoms with E-state index in [-0.39, 0.29) is 34.5 Å². The molecule has 1 saturated heterocycles. The molecule has 1 fully saturated rings. The van der Waals surface area contributed by atoms with Gasteiger partial charge < -0.3 is 10.5 Å². The number of sulfonamides is 1. The van der Waals surface area contributed by atoms with Crippen molar-refractivity contribution in [2.45, 2.75) is 31.2 Å². The van der Waals surface area contributed by atoms with Gasteiger partial charge in [-0.3, -0.25) is 0 Å². The van der Waals surface area contributed by atoms with Gasteiger partial charge >= 0.3 is 5.97 Å². The molecule has 27 heavy (non-hydrogen) atoms. The molecule has 9 heteroatoms. The van der Waals surface area contributed by atoms with Crippen LogP contribution in [-0.2, 0) is 14.8 Å². The van der Waals surface area contributed by atoms with Crippen molar-refractivity contribution in [2.24, 2.45) is 11.1 Å². The Morgan fingerprint density at radius 3 is 2.63 bits per heavy atom. The van der Waals surface area contributed by atoms with Gasteiger partial charge in [-0.25, -0.2) is 18.2 Å². The van der Waals surface area contributed by atoms with Gasteiger partial charge in [-0.05, 0) is 24.0 Å². The first kappa shape index (κ1) is 21.6. The maximum atomic E-state index is 13.3. The van der Waals surface area contributed by atoms with Crippen molar-refractivity contribution in [2.75, 3.05) is 20.2 Å². The minimum absolute atomic E-state index is 0. The number of methoxy groups -OCH3 is 1. The molecule has 3 rings (SSSR count). The molecule has 1 atom stereocenters. The molecule has 2 N–H and O–H groups in total. The molecule has 0 radical (unpaired) electrons. The molecule has 2 aromatic rings. The van der Waals surface area contributed by atoms with Gasteiger partial charge in [0.25, 0.3) is 0 Å². The van der Waals surface area contributed by atoms with Gasteiger partial charge in [0.05, 0.1) is 12.0 Å². The van der Waals surface area contributed by atoms with Gasteiger partial charge in [0, 0.05) is 36.1 Å². The van der Waals surface area contributed by atoms with E-state index >= 15 is 0 Å². The molecule has 0 saturated carbocycles. The number of aromatic nitrogens is 1. The molecule has 0 spiro atoms. The van der Waals surface area contributed by atoms with E-state index in [0.717, 1.165) is 0 Å². The number of ether oxygens (including phenoxy) is 1. The third-order valence-corrected chi connectivity index (χ3v) is 6.94. The number of esters is 1. The van der Waals surface area contributed by atoms with Crippen LogP contribution in [0.3, 0.4) is 0 Å². The van der Waals surface area contributed by atoms with Crippen LogP contribution >= 0.6 is 12.4 Å². The van der Waals surface area contributed by atoms with E-state index in [4.69, 9.17) is 10.5 Å². The van der Waals surface area contributed by atoms with E-state index in [1.54, 1.807) is 24.3 Å². The minimum Gasteiger partial charge on any atom is -0.464 e. The molecule has 2 heterocycles. The zero-order valence-electron chi connectivity index (χ0n) is 15.5. The normalized spacial score (nSPS) is 20.1. The highest BCUT2D eigenvalue weighted by Gasteiger charge is 2.39. The van der Waals surface area contributed by atoms with Crippen LogP contribution in [-0.4, -0.2) is 49.9 Å². The molecule has 0 bridgehead atoms. The lowest BCUT2D eigenvalue weighted by atomic mass is 9.81. The molecule has 7 nitrogen and oxygen atoms in total. The summed E-state index contributed by atoms with van der Waals surface area (Å²) in [6.07, 6.45) is 2.02. The maximum absolute atomic E-state index is 13.3. The van der Waals surface area contributed by atoms with E-state index in [0.29, 0.717) is 30.3 Å². The van der Waals surface area contributed by atoms with Crippen molar-refractivity contribution in [1.82, 2.24) is 9.29 Å². The molecule has 1 aromatic carbocycles. The Hall–Kier alpha value is -1.74. The van der Waals surface area contributed by atoms with Crippen molar-refractivity contribution in [3.8, 4) is 0 Å². The smallest absolute Gasteiger partial charge is 0.357 e. The van der Waals surface area contributed by atoms with Crippen LogP contribution in [0.1, 0.15) is 30.8 Å². The molecule has 0 amide bonds. The fraction of sp³-hybridized carbons (Fsp3) is 0.444. The second kappa shape index (κ2) is 7.71. The number of benzene rings is 1. The first-order chi connectivity index (χ1) is 12.2. The van der Waals surface area contributed by atoms with E-state index < -0.39 is 16.0 Å². The number of piperidine rings is 1. The van der Waals surface area contributed by atoms with E-state index in [1.807, 2.05) is 13.8 Å². The van der Waals surface area contributed by atoms with E-state index in [9.17, 15) is 13.2 Å². The number of carbonyl (C=O) groups excluding carboxylic acids is 1. The predicted octanol–water partition coefficient (Wildman–Crippen LogP) is 2.19. The second-order valence-electron chi connectivity index (χ2n) is 7.22. The number of pyridine rings is 1. The Morgan fingerprint density at radius 1 is 1.30 bits per heavy atom. The Morgan fingerprint density at radius 2 is 2.00 bits per heavy atom. The lowest BCUT2D eigenvalue weighted by Gasteiger charge is -2.41. The summed E-state index contributed by atoms with van der Waals surface area (Å²) >= 11 is 0. The van der Waals surface area contributed by atoms with Crippen LogP contribution in [0.5, 0.6) is 0 Å². The minimum atomic E-state index is -3.73. The fourth-order valence-electron chi connectivity index (χ4n) is 3.33. The van der Waals surface area contributed by atoms with E-state index in [2.05, 4.69) is 4.98 Å². The van der Waals surface area contributed by atoms with Crippen LogP contribution in [0.4, 0.5) is 0 Å². The summed E-state index contributed by atoms with van der Waals surface area (Å²) in [5.41, 5.74) is 5.92. The highest BCUT2D eigenvalue weighted by molar-refractivity contribution is 7.89. The number of hydrogen-bond acceptors (Lipinski definition) is 6. The summed E-state index contributed by atoms with van der Waals surface area (Å²) in [5, 5.41) is 0.906. The van der Waals surface area contributed by atoms with Gasteiger partial charge in [0.1, 0.15) is 0 Å². The molecule has 148 valence electrons. The molecular formula is C18H24ClN3O4S. The predicted molar refractivity (Wildman–Crippen MR) is 105 cm³/mol. The maximum Gasteiger partial charge on any atom is 0.357 e. The molecule has 1 aliphatic rings. The topological polar surface area (TPSA) is 103 Å². The Bertz CT molecular complexity index is 962. The number of nitrogens with two attached hydrogens (primary N) is 1. The molecule has 1 unspecified atom stereocenters. The second-order valence-corrected chi connectivity index (χ2v) is 9.13. The van der Waals surface area contributed by atoms with Crippen molar-refractivity contribution >= 4 is 39.2 Å². The monoisotopic (exact) mass is 413 g/mol. The fourth-order valence-corrected chi connectivity index (χ4v) is 5.16. The lowest BCUT2D eigenvalue weighted by Crippen LogP contribution is -2.53. The highest BCUT2D eigenvalue weighted by Crippen LogP contribution is 2.33. The van der Waals surface area contributed by atoms with Gasteiger partial charge in [-0.1, -0.05) is 26.0 Å². The first-order valence-electron chi connectivity index (χ1n) is 8.40. The number of halogens is 1. The number of fused-ring (bicyclic) bond motifs is 1. The first-order valence-corrected chi connectivity index (χ1v) is 9.84. The summed E-state index contributed by atoms with van der Waals surface area (Å²) in [4.78, 5) is 16.2. The standard InChI is InChI=1S/C18H23N3O4S.ClH/c1-18(2)11-21(10-8-15(18)19)26(23,24)14-6-4-5-13-12(14)7-9-20-16(13)17(22)25-3;/h4-7,9,15H,8,10-11,19H2,1-3H3;1H. The van der Waals surface area contributed by atoms with Gasteiger partial charge in [-0.2, -0.15) is 4.31 Å². The highest BCUT2D eigenvalue weighted by atomic mass is 35.5. The summed E-state index contributed by atoms with van der Waals surface area (Å²) in [7, 11) is -2.47. The Balaban J connectivity index is 0.00000261. The molecule has 0 aliphatic carbocycles. The number of carbonyl (C=O) groups is 1. The zero-order valence-corrected chi connectivity index (χ0v) is 17.1. The molecule has 1 aliphatic heterocycles. The van der Waals surface area contributed by atoms with Crippen molar-refractivity contribution in [3.63, 3.8) is 0 Å². The van der Waals surface area contributed by atoms with Crippen LogP contribution in [0, 0.1) is 5.41 Å². The molecule has 1 aromatic heterocycles. The quantitative estimate of drug-likeness (QED) is 0.773. The third-order valence-electron chi connectivity index (χ3n) is 5.04. The summed E-state index contributed by atoms with van der Waals surface area (Å²) in [5.74, 6) is -0.602. The number of rotatable bonds is 3. The van der Waals surface area contributed by atoms with Gasteiger partial charge in [-0.15, -0.1) is 12.4 Å². The Labute approximate surface area is 165 Å². The van der Waals surface area contributed by atoms with E-state index in [1.165, 1.54) is 17.6 Å². The van der Waals surface area contributed by atoms with Crippen LogP contribution in [0.15, 0.2) is 35.4 Å². The van der Waals surface area contributed by atoms with Crippen LogP contribution in [0.25, 0.3) is 10.8 Å². The summed E-state index contributed by atoms with van der Waals surface area (Å²) < 4.78 is 32.8. The SMILES string of the molecule is COC(=O)c1nccc2c(S(=O)(=O)N3CCC(N)C(C)(C)C3)cccc12.Cl. The lowest BCUT2D eigenvalue weighted by molar-refractivity contribution is 0.0596. The van der Waals surface area contributed by atoms with Crippen LogP contribution < -0.4 is 5.73 Å². The zero-order chi connectivity index (χ0) is 19.1. The van der Waals surface area contributed by atoms with Gasteiger partial charge in [0.2, 0.25) is 10.0 Å². The Kier molecular flexibility index (Phi) is 6.16. The van der Waals surface area contributed by atoms with Crippen molar-refractivity contribution in [3.05, 3.63) is 36.2 Å². The van der Waals surface area contributed by atoms with Crippen molar-refractivity contribution < 1.29 is 17.9 Å². The van der Waals surface area contributed by atoms with Crippen molar-refractivity contribution in [1.29, 1.82) is 0 Å². The molecular weight excluding hydrogens is 390 g/mol. The number of hydrogen-bond donors (Lipinski definition) is 1. The summed E-state index contributed by atoms with van der Waals surface area (Å²) in [6, 6.07) is 6.40. The summed E-state index contributed by atoms with van der Waals surface area (Å²) in [6.45, 7) is 4.67. The number of nitrogens with zero attached hydrogens (tertiary/aromatic N) is 2. The average Bonchev–Trinajstić information content (AvgIpc) is 2.62. The average molecular weight is 414 g/mol. The van der Waals surface area contributed by atoms with Gasteiger partial charge in [0.15, 0.2) is 5.69 Å². The largest absolute Gasteiger partial charge is 0.464 e. The van der Waals surface area contributed by atoms with Crippen LogP contribution in [0.2, 0.25) is 0 Å².